The van der Waals surface area contributed by atoms with Crippen molar-refractivity contribution >= 4 is 28.9 Å². The summed E-state index contributed by atoms with van der Waals surface area (Å²) in [6, 6.07) is 8.92. The molecule has 0 atom stereocenters. The molecule has 1 aromatic heterocycles. The van der Waals surface area contributed by atoms with E-state index in [-0.39, 0.29) is 17.3 Å². The number of amides is 1. The minimum absolute atomic E-state index is 0.0411. The van der Waals surface area contributed by atoms with Crippen molar-refractivity contribution in [3.05, 3.63) is 59.0 Å². The van der Waals surface area contributed by atoms with Gasteiger partial charge >= 0.3 is 6.09 Å². The molecule has 1 amide bonds. The number of piperazine rings is 1. The van der Waals surface area contributed by atoms with E-state index in [1.165, 1.54) is 11.0 Å². The molecule has 2 fully saturated rings. The lowest BCUT2D eigenvalue weighted by Crippen LogP contribution is -2.47. The predicted octanol–water partition coefficient (Wildman–Crippen LogP) is 3.00. The number of allylic oxidation sites excluding steroid dienone is 1. The smallest absolute Gasteiger partial charge is 0.407 e. The van der Waals surface area contributed by atoms with E-state index in [0.29, 0.717) is 56.2 Å². The van der Waals surface area contributed by atoms with Crippen LogP contribution in [-0.2, 0) is 11.3 Å². The maximum Gasteiger partial charge on any atom is 0.407 e. The first-order chi connectivity index (χ1) is 19.5. The number of ketones is 1. The van der Waals surface area contributed by atoms with Crippen LogP contribution in [0.25, 0.3) is 17.0 Å². The summed E-state index contributed by atoms with van der Waals surface area (Å²) in [5, 5.41) is 20.7. The molecule has 6 rings (SSSR count). The number of rotatable bonds is 7. The van der Waals surface area contributed by atoms with Crippen molar-refractivity contribution in [2.24, 2.45) is 0 Å². The third kappa shape index (κ3) is 5.35. The van der Waals surface area contributed by atoms with Gasteiger partial charge < -0.3 is 34.3 Å². The number of hydrogen-bond acceptors (Lipinski definition) is 8. The second-order valence-corrected chi connectivity index (χ2v) is 10.2. The first-order valence-corrected chi connectivity index (χ1v) is 13.5. The summed E-state index contributed by atoms with van der Waals surface area (Å²) in [5.74, 6) is 1.07. The molecule has 0 saturated carbocycles. The number of morpholine rings is 1. The zero-order chi connectivity index (χ0) is 27.6. The summed E-state index contributed by atoms with van der Waals surface area (Å²) in [4.78, 5) is 33.5. The second kappa shape index (κ2) is 11.2. The van der Waals surface area contributed by atoms with Crippen molar-refractivity contribution < 1.29 is 34.0 Å². The van der Waals surface area contributed by atoms with Crippen LogP contribution in [0.4, 0.5) is 4.79 Å². The molecule has 0 spiro atoms. The van der Waals surface area contributed by atoms with Gasteiger partial charge in [0.1, 0.15) is 23.9 Å². The molecule has 40 heavy (non-hydrogen) atoms. The number of Topliss-reactive ketones (excluding diaryl/α,β-unsaturated/α-hetero) is 1. The van der Waals surface area contributed by atoms with E-state index in [9.17, 15) is 19.8 Å². The highest BCUT2D eigenvalue weighted by Gasteiger charge is 2.32. The molecule has 11 nitrogen and oxygen atoms in total. The number of nitrogens with one attached hydrogen (secondary N) is 1. The lowest BCUT2D eigenvalue weighted by atomic mass is 10.0. The van der Waals surface area contributed by atoms with E-state index in [0.717, 1.165) is 55.1 Å². The molecule has 2 saturated heterocycles. The SMILES string of the molecule is O=C1/C(=C/c2c[nH]c3ccc(OCCN4CCOCC4)cc23)Oc2c1ccc(O)c2CN1CCN(C(=O)O)CC1. The Bertz CT molecular complexity index is 1450. The summed E-state index contributed by atoms with van der Waals surface area (Å²) < 4.78 is 17.5. The fourth-order valence-electron chi connectivity index (χ4n) is 5.36. The number of fused-ring (bicyclic) bond motifs is 2. The van der Waals surface area contributed by atoms with E-state index >= 15 is 0 Å². The molecule has 3 aliphatic rings. The molecule has 3 N–H and O–H groups in total. The minimum Gasteiger partial charge on any atom is -0.507 e. The minimum atomic E-state index is -0.934. The molecular formula is C29H32N4O7. The van der Waals surface area contributed by atoms with E-state index < -0.39 is 6.09 Å². The first-order valence-electron chi connectivity index (χ1n) is 13.5. The number of carbonyl (C=O) groups is 2. The van der Waals surface area contributed by atoms with E-state index in [1.54, 1.807) is 12.1 Å². The standard InChI is InChI=1S/C29H32N4O7/c34-25-4-2-21-27(35)26(40-28(21)23(25)18-32-5-7-33(8-6-32)29(36)37)15-19-17-30-24-3-1-20(16-22(19)24)39-14-11-31-9-12-38-13-10-31/h1-4,15-17,30,34H,5-14,18H2,(H,36,37)/b26-15-. The second-order valence-electron chi connectivity index (χ2n) is 10.2. The molecule has 3 aromatic rings. The number of carboxylic acid groups (broad SMARTS) is 1. The van der Waals surface area contributed by atoms with Crippen LogP contribution in [0.1, 0.15) is 21.5 Å². The molecule has 210 valence electrons. The largest absolute Gasteiger partial charge is 0.507 e. The number of H-pyrrole nitrogens is 1. The first kappa shape index (κ1) is 26.2. The van der Waals surface area contributed by atoms with Gasteiger partial charge in [0.05, 0.1) is 24.3 Å². The average molecular weight is 549 g/mol. The van der Waals surface area contributed by atoms with E-state index in [2.05, 4.69) is 9.88 Å². The van der Waals surface area contributed by atoms with Crippen LogP contribution in [0.15, 0.2) is 42.3 Å². The van der Waals surface area contributed by atoms with Crippen LogP contribution in [0, 0.1) is 0 Å². The zero-order valence-corrected chi connectivity index (χ0v) is 22.1. The number of nitrogens with zero attached hydrogens (tertiary/aromatic N) is 3. The van der Waals surface area contributed by atoms with Crippen molar-refractivity contribution in [2.45, 2.75) is 6.54 Å². The Morgan fingerprint density at radius 2 is 1.85 bits per heavy atom. The number of phenols is 1. The Morgan fingerprint density at radius 3 is 2.62 bits per heavy atom. The molecule has 2 aromatic carbocycles. The van der Waals surface area contributed by atoms with Crippen molar-refractivity contribution in [2.75, 3.05) is 65.6 Å². The zero-order valence-electron chi connectivity index (χ0n) is 22.1. The lowest BCUT2D eigenvalue weighted by Gasteiger charge is -2.33. The van der Waals surface area contributed by atoms with Crippen molar-refractivity contribution in [1.29, 1.82) is 0 Å². The number of benzene rings is 2. The Labute approximate surface area is 231 Å². The lowest BCUT2D eigenvalue weighted by molar-refractivity contribution is 0.0322. The average Bonchev–Trinajstić information content (AvgIpc) is 3.51. The summed E-state index contributed by atoms with van der Waals surface area (Å²) in [6.07, 6.45) is 2.61. The molecule has 0 unspecified atom stereocenters. The Morgan fingerprint density at radius 1 is 1.05 bits per heavy atom. The molecule has 3 aliphatic heterocycles. The third-order valence-electron chi connectivity index (χ3n) is 7.69. The summed E-state index contributed by atoms with van der Waals surface area (Å²) in [5.41, 5.74) is 2.62. The number of ether oxygens (including phenoxy) is 3. The highest BCUT2D eigenvalue weighted by molar-refractivity contribution is 6.15. The number of hydrogen-bond donors (Lipinski definition) is 3. The maximum absolute atomic E-state index is 13.3. The van der Waals surface area contributed by atoms with Gasteiger partial charge in [0.25, 0.3) is 0 Å². The van der Waals surface area contributed by atoms with Crippen LogP contribution in [0.5, 0.6) is 17.2 Å². The number of aromatic hydroxyl groups is 1. The topological polar surface area (TPSA) is 128 Å². The Balaban J connectivity index is 1.18. The van der Waals surface area contributed by atoms with Gasteiger partial charge in [-0.25, -0.2) is 4.79 Å². The van der Waals surface area contributed by atoms with Gasteiger partial charge in [0, 0.05) is 75.0 Å². The molecule has 4 heterocycles. The van der Waals surface area contributed by atoms with Crippen molar-refractivity contribution in [3.63, 3.8) is 0 Å². The fraction of sp³-hybridized carbons (Fsp3) is 0.379. The van der Waals surface area contributed by atoms with Crippen molar-refractivity contribution in [1.82, 2.24) is 19.7 Å². The third-order valence-corrected chi connectivity index (χ3v) is 7.69. The quantitative estimate of drug-likeness (QED) is 0.382. The summed E-state index contributed by atoms with van der Waals surface area (Å²) in [6.45, 7) is 6.90. The van der Waals surface area contributed by atoms with Gasteiger partial charge in [-0.2, -0.15) is 0 Å². The number of carbonyl (C=O) groups excluding carboxylic acids is 1. The Hall–Kier alpha value is -4.06. The highest BCUT2D eigenvalue weighted by Crippen LogP contribution is 2.40. The van der Waals surface area contributed by atoms with Crippen LogP contribution in [0.3, 0.4) is 0 Å². The molecule has 0 aliphatic carbocycles. The van der Waals surface area contributed by atoms with Gasteiger partial charge in [-0.1, -0.05) is 0 Å². The monoisotopic (exact) mass is 548 g/mol. The van der Waals surface area contributed by atoms with Crippen LogP contribution in [-0.4, -0.2) is 107 Å². The van der Waals surface area contributed by atoms with Gasteiger partial charge in [0.2, 0.25) is 5.78 Å². The van der Waals surface area contributed by atoms with Gasteiger partial charge in [-0.05, 0) is 36.4 Å². The predicted molar refractivity (Wildman–Crippen MR) is 147 cm³/mol. The van der Waals surface area contributed by atoms with E-state index in [1.807, 2.05) is 29.3 Å². The molecular weight excluding hydrogens is 516 g/mol. The fourth-order valence-corrected chi connectivity index (χ4v) is 5.36. The van der Waals surface area contributed by atoms with Gasteiger partial charge in [0.15, 0.2) is 5.76 Å². The van der Waals surface area contributed by atoms with E-state index in [4.69, 9.17) is 14.2 Å². The maximum atomic E-state index is 13.3. The molecule has 11 heteroatoms. The summed E-state index contributed by atoms with van der Waals surface area (Å²) >= 11 is 0. The van der Waals surface area contributed by atoms with Crippen LogP contribution >= 0.6 is 0 Å². The van der Waals surface area contributed by atoms with Gasteiger partial charge in [-0.3, -0.25) is 14.6 Å². The van der Waals surface area contributed by atoms with Gasteiger partial charge in [-0.15, -0.1) is 0 Å². The normalized spacial score (nSPS) is 19.2. The number of aromatic nitrogens is 1. The number of phenolic OH excluding ortho intramolecular Hbond substituents is 1. The summed E-state index contributed by atoms with van der Waals surface area (Å²) in [7, 11) is 0. The Kier molecular flexibility index (Phi) is 7.33. The van der Waals surface area contributed by atoms with Crippen LogP contribution < -0.4 is 9.47 Å². The molecule has 0 radical (unpaired) electrons. The van der Waals surface area contributed by atoms with Crippen LogP contribution in [0.2, 0.25) is 0 Å². The number of aromatic amines is 1. The highest BCUT2D eigenvalue weighted by atomic mass is 16.5. The molecule has 0 bridgehead atoms. The van der Waals surface area contributed by atoms with Crippen molar-refractivity contribution in [3.8, 4) is 17.2 Å².